The molecule has 1 heterocycles. The molecule has 0 unspecified atom stereocenters. The topological polar surface area (TPSA) is 72.5 Å². The number of hydrogen-bond acceptors (Lipinski definition) is 5. The van der Waals surface area contributed by atoms with Crippen molar-refractivity contribution >= 4 is 29.0 Å². The number of carbonyl (C=O) groups is 3. The lowest BCUT2D eigenvalue weighted by Gasteiger charge is -2.07. The summed E-state index contributed by atoms with van der Waals surface area (Å²) >= 11 is 1.35. The first-order chi connectivity index (χ1) is 11.9. The quantitative estimate of drug-likeness (QED) is 0.609. The number of aryl methyl sites for hydroxylation is 2. The van der Waals surface area contributed by atoms with Crippen molar-refractivity contribution in [2.45, 2.75) is 27.2 Å². The first kappa shape index (κ1) is 18.9. The van der Waals surface area contributed by atoms with Gasteiger partial charge in [-0.15, -0.1) is 11.3 Å². The normalized spacial score (nSPS) is 10.4. The zero-order chi connectivity index (χ0) is 18.4. The standard InChI is InChI=1S/C19H21NO4S/c1-12-4-5-13(2)16(10-12)19(23)24-11-17(22)18-7-6-15(25-18)8-9-20-14(3)21/h4-7,10H,8-9,11H2,1-3H3,(H,20,21). The van der Waals surface area contributed by atoms with Gasteiger partial charge in [-0.1, -0.05) is 17.7 Å². The van der Waals surface area contributed by atoms with E-state index in [1.54, 1.807) is 12.1 Å². The van der Waals surface area contributed by atoms with E-state index in [1.165, 1.54) is 18.3 Å². The van der Waals surface area contributed by atoms with Crippen LogP contribution in [0.15, 0.2) is 30.3 Å². The number of thiophene rings is 1. The number of nitrogens with one attached hydrogen (secondary N) is 1. The minimum absolute atomic E-state index is 0.0776. The van der Waals surface area contributed by atoms with Gasteiger partial charge in [0.2, 0.25) is 11.7 Å². The van der Waals surface area contributed by atoms with E-state index >= 15 is 0 Å². The third-order valence-corrected chi connectivity index (χ3v) is 4.82. The first-order valence-corrected chi connectivity index (χ1v) is 8.79. The number of amides is 1. The molecule has 25 heavy (non-hydrogen) atoms. The number of carbonyl (C=O) groups excluding carboxylic acids is 3. The van der Waals surface area contributed by atoms with Crippen molar-refractivity contribution in [1.29, 1.82) is 0 Å². The van der Waals surface area contributed by atoms with E-state index in [1.807, 2.05) is 32.0 Å². The predicted molar refractivity (Wildman–Crippen MR) is 97.2 cm³/mol. The number of benzene rings is 1. The van der Waals surface area contributed by atoms with Crippen molar-refractivity contribution in [3.8, 4) is 0 Å². The van der Waals surface area contributed by atoms with E-state index in [4.69, 9.17) is 4.74 Å². The van der Waals surface area contributed by atoms with Crippen LogP contribution in [0.5, 0.6) is 0 Å². The van der Waals surface area contributed by atoms with E-state index in [2.05, 4.69) is 5.32 Å². The van der Waals surface area contributed by atoms with Crippen LogP contribution in [0.1, 0.15) is 43.0 Å². The SMILES string of the molecule is CC(=O)NCCc1ccc(C(=O)COC(=O)c2cc(C)ccc2C)s1. The summed E-state index contributed by atoms with van der Waals surface area (Å²) in [6, 6.07) is 9.11. The monoisotopic (exact) mass is 359 g/mol. The predicted octanol–water partition coefficient (Wildman–Crippen LogP) is 3.08. The number of hydrogen-bond donors (Lipinski definition) is 1. The van der Waals surface area contributed by atoms with Gasteiger partial charge in [-0.2, -0.15) is 0 Å². The molecule has 5 nitrogen and oxygen atoms in total. The Balaban J connectivity index is 1.89. The van der Waals surface area contributed by atoms with Crippen LogP contribution < -0.4 is 5.32 Å². The highest BCUT2D eigenvalue weighted by Gasteiger charge is 2.15. The number of Topliss-reactive ketones (excluding diaryl/α,β-unsaturated/α-hetero) is 1. The fourth-order valence-corrected chi connectivity index (χ4v) is 3.19. The van der Waals surface area contributed by atoms with Crippen LogP contribution >= 0.6 is 11.3 Å². The second-order valence-electron chi connectivity index (χ2n) is 5.82. The van der Waals surface area contributed by atoms with Gasteiger partial charge in [0.25, 0.3) is 0 Å². The molecule has 2 rings (SSSR count). The van der Waals surface area contributed by atoms with Crippen molar-refractivity contribution in [3.63, 3.8) is 0 Å². The first-order valence-electron chi connectivity index (χ1n) is 7.97. The van der Waals surface area contributed by atoms with E-state index < -0.39 is 5.97 Å². The second-order valence-corrected chi connectivity index (χ2v) is 6.98. The zero-order valence-electron chi connectivity index (χ0n) is 14.5. The molecule has 0 aliphatic carbocycles. The molecule has 1 N–H and O–H groups in total. The fourth-order valence-electron chi connectivity index (χ4n) is 2.26. The maximum atomic E-state index is 12.2. The molecule has 2 aromatic rings. The largest absolute Gasteiger partial charge is 0.454 e. The third kappa shape index (κ3) is 5.53. The summed E-state index contributed by atoms with van der Waals surface area (Å²) < 4.78 is 5.16. The number of esters is 1. The summed E-state index contributed by atoms with van der Waals surface area (Å²) in [5.74, 6) is -0.794. The van der Waals surface area contributed by atoms with Crippen LogP contribution in [-0.4, -0.2) is 30.8 Å². The van der Waals surface area contributed by atoms with Gasteiger partial charge in [0, 0.05) is 18.3 Å². The highest BCUT2D eigenvalue weighted by Crippen LogP contribution is 2.18. The van der Waals surface area contributed by atoms with Crippen LogP contribution in [0.4, 0.5) is 0 Å². The van der Waals surface area contributed by atoms with Gasteiger partial charge >= 0.3 is 5.97 Å². The van der Waals surface area contributed by atoms with Crippen LogP contribution in [0.2, 0.25) is 0 Å². The Bertz CT molecular complexity index is 794. The number of ether oxygens (including phenoxy) is 1. The maximum Gasteiger partial charge on any atom is 0.338 e. The summed E-state index contributed by atoms with van der Waals surface area (Å²) in [5.41, 5.74) is 2.26. The van der Waals surface area contributed by atoms with Crippen molar-refractivity contribution in [3.05, 3.63) is 56.8 Å². The minimum atomic E-state index is -0.489. The van der Waals surface area contributed by atoms with E-state index in [9.17, 15) is 14.4 Å². The van der Waals surface area contributed by atoms with Crippen LogP contribution in [0, 0.1) is 13.8 Å². The molecular weight excluding hydrogens is 338 g/mol. The van der Waals surface area contributed by atoms with E-state index in [-0.39, 0.29) is 18.3 Å². The molecule has 0 atom stereocenters. The van der Waals surface area contributed by atoms with Crippen molar-refractivity contribution in [2.75, 3.05) is 13.2 Å². The van der Waals surface area contributed by atoms with Gasteiger partial charge in [-0.05, 0) is 44.0 Å². The Morgan fingerprint density at radius 1 is 1.12 bits per heavy atom. The third-order valence-electron chi connectivity index (χ3n) is 3.63. The molecule has 0 saturated heterocycles. The van der Waals surface area contributed by atoms with Crippen LogP contribution in [0.3, 0.4) is 0 Å². The molecule has 132 valence electrons. The summed E-state index contributed by atoms with van der Waals surface area (Å²) in [6.07, 6.45) is 0.666. The molecule has 0 bridgehead atoms. The van der Waals surface area contributed by atoms with Crippen molar-refractivity contribution in [1.82, 2.24) is 5.32 Å². The lowest BCUT2D eigenvalue weighted by atomic mass is 10.1. The lowest BCUT2D eigenvalue weighted by molar-refractivity contribution is -0.118. The Morgan fingerprint density at radius 3 is 2.60 bits per heavy atom. The number of rotatable bonds is 7. The summed E-state index contributed by atoms with van der Waals surface area (Å²) in [6.45, 7) is 5.45. The molecule has 0 fully saturated rings. The van der Waals surface area contributed by atoms with E-state index in [0.717, 1.165) is 16.0 Å². The molecule has 1 amide bonds. The summed E-state index contributed by atoms with van der Waals surface area (Å²) in [4.78, 5) is 36.7. The molecule has 0 saturated carbocycles. The van der Waals surface area contributed by atoms with Gasteiger partial charge in [-0.25, -0.2) is 4.79 Å². The average molecular weight is 359 g/mol. The van der Waals surface area contributed by atoms with E-state index in [0.29, 0.717) is 23.4 Å². The Hall–Kier alpha value is -2.47. The average Bonchev–Trinajstić information content (AvgIpc) is 3.03. The Morgan fingerprint density at radius 2 is 1.88 bits per heavy atom. The van der Waals surface area contributed by atoms with Gasteiger partial charge in [-0.3, -0.25) is 9.59 Å². The zero-order valence-corrected chi connectivity index (χ0v) is 15.4. The van der Waals surface area contributed by atoms with Gasteiger partial charge in [0.1, 0.15) is 0 Å². The molecule has 0 spiro atoms. The Kier molecular flexibility index (Phi) is 6.47. The number of ketones is 1. The van der Waals surface area contributed by atoms with Crippen LogP contribution in [0.25, 0.3) is 0 Å². The minimum Gasteiger partial charge on any atom is -0.454 e. The summed E-state index contributed by atoms with van der Waals surface area (Å²) in [5, 5.41) is 2.71. The van der Waals surface area contributed by atoms with Crippen molar-refractivity contribution < 1.29 is 19.1 Å². The highest BCUT2D eigenvalue weighted by molar-refractivity contribution is 7.14. The second kappa shape index (κ2) is 8.58. The fraction of sp³-hybridized carbons (Fsp3) is 0.316. The molecule has 0 aliphatic rings. The Labute approximate surface area is 151 Å². The van der Waals surface area contributed by atoms with Crippen molar-refractivity contribution in [2.24, 2.45) is 0 Å². The van der Waals surface area contributed by atoms with Gasteiger partial charge in [0.05, 0.1) is 10.4 Å². The summed E-state index contributed by atoms with van der Waals surface area (Å²) in [7, 11) is 0. The molecular formula is C19H21NO4S. The molecule has 0 aliphatic heterocycles. The van der Waals surface area contributed by atoms with Crippen LogP contribution in [-0.2, 0) is 16.0 Å². The lowest BCUT2D eigenvalue weighted by Crippen LogP contribution is -2.22. The smallest absolute Gasteiger partial charge is 0.338 e. The molecule has 1 aromatic heterocycles. The van der Waals surface area contributed by atoms with Gasteiger partial charge in [0.15, 0.2) is 6.61 Å². The molecule has 1 aromatic carbocycles. The maximum absolute atomic E-state index is 12.2. The molecule has 0 radical (unpaired) electrons. The van der Waals surface area contributed by atoms with Gasteiger partial charge < -0.3 is 10.1 Å². The highest BCUT2D eigenvalue weighted by atomic mass is 32.1. The molecule has 6 heteroatoms.